The minimum atomic E-state index is -0.512. The molecule has 10 heteroatoms. The molecular formula is C25H23N5O5. The van der Waals surface area contributed by atoms with E-state index in [4.69, 9.17) is 19.2 Å². The van der Waals surface area contributed by atoms with Crippen LogP contribution in [0.25, 0.3) is 16.7 Å². The predicted molar refractivity (Wildman–Crippen MR) is 127 cm³/mol. The number of rotatable bonds is 6. The van der Waals surface area contributed by atoms with Crippen LogP contribution in [-0.4, -0.2) is 40.4 Å². The fraction of sp³-hybridized carbons (Fsp3) is 0.240. The Morgan fingerprint density at radius 3 is 2.91 bits per heavy atom. The van der Waals surface area contributed by atoms with Crippen LogP contribution in [0, 0.1) is 18.3 Å². The summed E-state index contributed by atoms with van der Waals surface area (Å²) in [5.41, 5.74) is 1.46. The third kappa shape index (κ3) is 4.62. The summed E-state index contributed by atoms with van der Waals surface area (Å²) in [6.07, 6.45) is 6.28. The number of nitriles is 1. The van der Waals surface area contributed by atoms with E-state index < -0.39 is 5.91 Å². The summed E-state index contributed by atoms with van der Waals surface area (Å²) in [4.78, 5) is 34.9. The predicted octanol–water partition coefficient (Wildman–Crippen LogP) is 2.25. The Hall–Kier alpha value is -4.49. The molecule has 10 nitrogen and oxygen atoms in total. The first-order chi connectivity index (χ1) is 17.0. The van der Waals surface area contributed by atoms with Crippen LogP contribution >= 0.6 is 0 Å². The van der Waals surface area contributed by atoms with Crippen molar-refractivity contribution < 1.29 is 19.0 Å². The Morgan fingerprint density at radius 1 is 1.37 bits per heavy atom. The van der Waals surface area contributed by atoms with Gasteiger partial charge in [-0.05, 0) is 36.8 Å². The summed E-state index contributed by atoms with van der Waals surface area (Å²) in [6, 6.07) is 7.08. The summed E-state index contributed by atoms with van der Waals surface area (Å²) in [7, 11) is 1.53. The quantitative estimate of drug-likeness (QED) is 0.504. The monoisotopic (exact) mass is 473 g/mol. The van der Waals surface area contributed by atoms with Gasteiger partial charge >= 0.3 is 0 Å². The van der Waals surface area contributed by atoms with Gasteiger partial charge in [-0.3, -0.25) is 14.0 Å². The zero-order valence-corrected chi connectivity index (χ0v) is 19.4. The molecule has 4 heterocycles. The highest BCUT2D eigenvalue weighted by Gasteiger charge is 2.17. The Morgan fingerprint density at radius 2 is 2.17 bits per heavy atom. The molecule has 0 aliphatic carbocycles. The maximum absolute atomic E-state index is 13.2. The lowest BCUT2D eigenvalue weighted by atomic mass is 10.2. The topological polar surface area (TPSA) is 120 Å². The minimum Gasteiger partial charge on any atom is -0.454 e. The van der Waals surface area contributed by atoms with Crippen LogP contribution in [0.4, 0.5) is 0 Å². The van der Waals surface area contributed by atoms with E-state index in [-0.39, 0.29) is 48.4 Å². The smallest absolute Gasteiger partial charge is 0.267 e. The van der Waals surface area contributed by atoms with E-state index in [0.29, 0.717) is 22.8 Å². The Balaban J connectivity index is 1.90. The number of pyridine rings is 2. The molecule has 0 unspecified atom stereocenters. The number of allylic oxidation sites excluding steroid dienone is 2. The van der Waals surface area contributed by atoms with E-state index in [1.165, 1.54) is 17.6 Å². The number of fused-ring (bicyclic) bond motifs is 2. The van der Waals surface area contributed by atoms with Crippen molar-refractivity contribution >= 4 is 22.6 Å². The van der Waals surface area contributed by atoms with Crippen molar-refractivity contribution in [2.24, 2.45) is 4.99 Å². The molecule has 4 rings (SSSR count). The van der Waals surface area contributed by atoms with Crippen molar-refractivity contribution in [3.63, 3.8) is 0 Å². The van der Waals surface area contributed by atoms with Crippen molar-refractivity contribution in [3.8, 4) is 6.07 Å². The fourth-order valence-corrected chi connectivity index (χ4v) is 3.72. The van der Waals surface area contributed by atoms with Crippen molar-refractivity contribution in [3.05, 3.63) is 87.7 Å². The molecule has 0 spiro atoms. The molecule has 0 aromatic carbocycles. The lowest BCUT2D eigenvalue weighted by molar-refractivity contribution is -0.117. The van der Waals surface area contributed by atoms with E-state index in [0.717, 1.165) is 5.56 Å². The second kappa shape index (κ2) is 10.2. The van der Waals surface area contributed by atoms with E-state index in [2.05, 4.69) is 17.6 Å². The Bertz CT molecular complexity index is 1570. The number of carbonyl (C=O) groups excluding carboxylic acids is 1. The molecule has 1 fully saturated rings. The van der Waals surface area contributed by atoms with Crippen LogP contribution in [-0.2, 0) is 25.5 Å². The van der Waals surface area contributed by atoms with E-state index in [1.807, 2.05) is 13.0 Å². The maximum atomic E-state index is 13.2. The van der Waals surface area contributed by atoms with Gasteiger partial charge in [0.25, 0.3) is 11.5 Å². The molecule has 1 saturated heterocycles. The van der Waals surface area contributed by atoms with Crippen molar-refractivity contribution in [2.45, 2.75) is 19.9 Å². The average molecular weight is 473 g/mol. The zero-order valence-electron chi connectivity index (χ0n) is 19.4. The van der Waals surface area contributed by atoms with Crippen molar-refractivity contribution in [2.75, 3.05) is 20.5 Å². The summed E-state index contributed by atoms with van der Waals surface area (Å²) < 4.78 is 18.9. The molecule has 0 bridgehead atoms. The van der Waals surface area contributed by atoms with E-state index in [9.17, 15) is 14.9 Å². The van der Waals surface area contributed by atoms with Gasteiger partial charge in [0.15, 0.2) is 17.0 Å². The van der Waals surface area contributed by atoms with E-state index >= 15 is 0 Å². The van der Waals surface area contributed by atoms with Gasteiger partial charge in [-0.1, -0.05) is 18.7 Å². The number of aromatic nitrogens is 3. The first-order valence-corrected chi connectivity index (χ1v) is 10.8. The summed E-state index contributed by atoms with van der Waals surface area (Å²) in [6.45, 7) is 6.00. The maximum Gasteiger partial charge on any atom is 0.267 e. The molecule has 35 heavy (non-hydrogen) atoms. The molecular weight excluding hydrogens is 450 g/mol. The molecule has 0 radical (unpaired) electrons. The number of ether oxygens (including phenoxy) is 3. The summed E-state index contributed by atoms with van der Waals surface area (Å²) >= 11 is 0. The number of aryl methyl sites for hydroxylation is 1. The number of carbonyl (C=O) groups is 1. The van der Waals surface area contributed by atoms with Gasteiger partial charge in [-0.2, -0.15) is 10.3 Å². The van der Waals surface area contributed by atoms with Gasteiger partial charge in [0.05, 0.1) is 24.0 Å². The number of hydrogen-bond donors (Lipinski definition) is 0. The van der Waals surface area contributed by atoms with Gasteiger partial charge in [-0.15, -0.1) is 0 Å². The molecule has 1 aliphatic heterocycles. The van der Waals surface area contributed by atoms with Crippen LogP contribution in [0.2, 0.25) is 0 Å². The van der Waals surface area contributed by atoms with Gasteiger partial charge in [0.2, 0.25) is 6.79 Å². The Kier molecular flexibility index (Phi) is 6.89. The van der Waals surface area contributed by atoms with Gasteiger partial charge in [0, 0.05) is 19.9 Å². The second-order valence-corrected chi connectivity index (χ2v) is 7.63. The standard InChI is InChI=1S/C25H23N5O5/c1-4-6-19-20(35-15-34-19)8-9-21(31)27-23-17(14-26)13-18-24(29(23)11-12-33-3)28-22-16(2)7-5-10-30(22)25(18)32/h4-8,10,13H,1,9,11-12,15H2,2-3H3/b19-6+,20-8+,27-23?. The molecule has 0 saturated carbocycles. The highest BCUT2D eigenvalue weighted by Crippen LogP contribution is 2.21. The minimum absolute atomic E-state index is 0.0473. The lowest BCUT2D eigenvalue weighted by Crippen LogP contribution is -2.30. The van der Waals surface area contributed by atoms with Crippen molar-refractivity contribution in [1.82, 2.24) is 14.0 Å². The normalized spacial score (nSPS) is 16.0. The average Bonchev–Trinajstić information content (AvgIpc) is 3.30. The first kappa shape index (κ1) is 23.7. The van der Waals surface area contributed by atoms with E-state index in [1.54, 1.807) is 35.1 Å². The molecule has 0 N–H and O–H groups in total. The summed E-state index contributed by atoms with van der Waals surface area (Å²) in [5.74, 6) is 0.372. The van der Waals surface area contributed by atoms with Crippen LogP contribution in [0.15, 0.2) is 70.5 Å². The Labute approximate surface area is 200 Å². The third-order valence-electron chi connectivity index (χ3n) is 5.38. The van der Waals surface area contributed by atoms with Crippen LogP contribution in [0.3, 0.4) is 0 Å². The van der Waals surface area contributed by atoms with Gasteiger partial charge in [-0.25, -0.2) is 4.98 Å². The molecule has 3 aromatic rings. The lowest BCUT2D eigenvalue weighted by Gasteiger charge is -2.13. The second-order valence-electron chi connectivity index (χ2n) is 7.63. The largest absolute Gasteiger partial charge is 0.454 e. The van der Waals surface area contributed by atoms with Crippen molar-refractivity contribution in [1.29, 1.82) is 5.26 Å². The molecule has 3 aromatic heterocycles. The first-order valence-electron chi connectivity index (χ1n) is 10.8. The number of hydrogen-bond acceptors (Lipinski definition) is 7. The molecule has 178 valence electrons. The van der Waals surface area contributed by atoms with Crippen LogP contribution < -0.4 is 11.0 Å². The number of nitrogens with zero attached hydrogens (tertiary/aromatic N) is 5. The molecule has 1 amide bonds. The number of amides is 1. The SMILES string of the molecule is C=C/C=C1/OCO/C1=C/CC(=O)N=c1c(C#N)cc2c(=O)n3cccc(C)c3nc2n1CCOC. The third-order valence-corrected chi connectivity index (χ3v) is 5.38. The van der Waals surface area contributed by atoms with Crippen LogP contribution in [0.5, 0.6) is 0 Å². The fourth-order valence-electron chi connectivity index (χ4n) is 3.72. The number of methoxy groups -OCH3 is 1. The highest BCUT2D eigenvalue weighted by molar-refractivity contribution is 5.81. The zero-order chi connectivity index (χ0) is 24.9. The molecule has 1 aliphatic rings. The molecule has 0 atom stereocenters. The summed E-state index contributed by atoms with van der Waals surface area (Å²) in [5, 5.41) is 10.1. The van der Waals surface area contributed by atoms with Gasteiger partial charge < -0.3 is 18.8 Å². The van der Waals surface area contributed by atoms with Gasteiger partial charge in [0.1, 0.15) is 17.4 Å². The highest BCUT2D eigenvalue weighted by atomic mass is 16.7. The van der Waals surface area contributed by atoms with Crippen LogP contribution in [0.1, 0.15) is 17.5 Å².